The number of aryl methyl sites for hydroxylation is 1. The van der Waals surface area contributed by atoms with E-state index in [-0.39, 0.29) is 11.9 Å². The third-order valence-corrected chi connectivity index (χ3v) is 5.72. The molecular formula is C24H24N6O3. The van der Waals surface area contributed by atoms with Crippen LogP contribution in [0.1, 0.15) is 47.5 Å². The van der Waals surface area contributed by atoms with Crippen LogP contribution in [0.2, 0.25) is 0 Å². The van der Waals surface area contributed by atoms with Crippen molar-refractivity contribution < 1.29 is 14.1 Å². The van der Waals surface area contributed by atoms with Gasteiger partial charge >= 0.3 is 0 Å². The van der Waals surface area contributed by atoms with Crippen molar-refractivity contribution in [1.29, 1.82) is 0 Å². The van der Waals surface area contributed by atoms with Crippen LogP contribution in [-0.4, -0.2) is 49.1 Å². The third-order valence-electron chi connectivity index (χ3n) is 5.72. The lowest BCUT2D eigenvalue weighted by Crippen LogP contribution is -2.31. The maximum Gasteiger partial charge on any atom is 0.256 e. The highest BCUT2D eigenvalue weighted by Crippen LogP contribution is 2.37. The van der Waals surface area contributed by atoms with Gasteiger partial charge in [0.15, 0.2) is 5.76 Å². The summed E-state index contributed by atoms with van der Waals surface area (Å²) in [5.74, 6) is 1.08. The van der Waals surface area contributed by atoms with Gasteiger partial charge in [0.2, 0.25) is 5.88 Å². The molecule has 0 N–H and O–H groups in total. The van der Waals surface area contributed by atoms with E-state index in [2.05, 4.69) is 20.3 Å². The van der Waals surface area contributed by atoms with E-state index in [0.29, 0.717) is 41.7 Å². The largest absolute Gasteiger partial charge is 0.477 e. The highest BCUT2D eigenvalue weighted by atomic mass is 16.5. The van der Waals surface area contributed by atoms with Crippen molar-refractivity contribution in [2.24, 2.45) is 0 Å². The minimum absolute atomic E-state index is 0.0807. The standard InChI is InChI=1S/C24H24N6O3/c1-3-32-23-17(6-4-10-25-23)19-15-22(33-28-19)21-7-5-13-29(21)24(31)18-14-16(2)8-9-20(18)30-26-11-12-27-30/h4,6,8-12,14-15,21H,3,5,7,13H2,1-2H3. The monoisotopic (exact) mass is 444 g/mol. The second-order valence-corrected chi connectivity index (χ2v) is 7.90. The van der Waals surface area contributed by atoms with Crippen LogP contribution in [0.3, 0.4) is 0 Å². The minimum atomic E-state index is -0.204. The molecule has 1 saturated heterocycles. The number of benzene rings is 1. The topological polar surface area (TPSA) is 99.2 Å². The Bertz CT molecular complexity index is 1270. The Balaban J connectivity index is 1.46. The van der Waals surface area contributed by atoms with Crippen LogP contribution in [0.5, 0.6) is 5.88 Å². The van der Waals surface area contributed by atoms with Gasteiger partial charge in [-0.2, -0.15) is 15.0 Å². The van der Waals surface area contributed by atoms with E-state index in [1.807, 2.05) is 55.1 Å². The molecule has 3 aromatic heterocycles. The predicted octanol–water partition coefficient (Wildman–Crippen LogP) is 4.00. The summed E-state index contributed by atoms with van der Waals surface area (Å²) in [6.45, 7) is 5.01. The average Bonchev–Trinajstić information content (AvgIpc) is 3.60. The highest BCUT2D eigenvalue weighted by Gasteiger charge is 2.35. The number of ether oxygens (including phenoxy) is 1. The number of hydrogen-bond donors (Lipinski definition) is 0. The summed E-state index contributed by atoms with van der Waals surface area (Å²) in [6, 6.07) is 11.1. The molecule has 1 aromatic carbocycles. The normalized spacial score (nSPS) is 15.7. The van der Waals surface area contributed by atoms with E-state index in [0.717, 1.165) is 24.0 Å². The Labute approximate surface area is 191 Å². The minimum Gasteiger partial charge on any atom is -0.477 e. The molecule has 1 atom stereocenters. The molecule has 33 heavy (non-hydrogen) atoms. The van der Waals surface area contributed by atoms with E-state index in [1.54, 1.807) is 18.6 Å². The second kappa shape index (κ2) is 8.85. The maximum absolute atomic E-state index is 13.7. The molecule has 0 spiro atoms. The number of rotatable bonds is 6. The van der Waals surface area contributed by atoms with Crippen molar-refractivity contribution in [2.45, 2.75) is 32.7 Å². The average molecular weight is 444 g/mol. The van der Waals surface area contributed by atoms with Crippen LogP contribution in [0.25, 0.3) is 16.9 Å². The van der Waals surface area contributed by atoms with Crippen molar-refractivity contribution in [2.75, 3.05) is 13.2 Å². The first-order valence-corrected chi connectivity index (χ1v) is 11.0. The Morgan fingerprint density at radius 3 is 2.85 bits per heavy atom. The summed E-state index contributed by atoms with van der Waals surface area (Å²) < 4.78 is 11.4. The van der Waals surface area contributed by atoms with Gasteiger partial charge in [0, 0.05) is 18.8 Å². The number of pyridine rings is 1. The Morgan fingerprint density at radius 2 is 2.03 bits per heavy atom. The number of amides is 1. The lowest BCUT2D eigenvalue weighted by Gasteiger charge is -2.24. The first-order valence-electron chi connectivity index (χ1n) is 11.0. The summed E-state index contributed by atoms with van der Waals surface area (Å²) in [6.07, 6.45) is 6.55. The van der Waals surface area contributed by atoms with Crippen LogP contribution in [0, 0.1) is 6.92 Å². The van der Waals surface area contributed by atoms with Crippen LogP contribution in [0.4, 0.5) is 0 Å². The van der Waals surface area contributed by atoms with Gasteiger partial charge in [-0.25, -0.2) is 4.98 Å². The van der Waals surface area contributed by atoms with Crippen LogP contribution < -0.4 is 4.74 Å². The van der Waals surface area contributed by atoms with Gasteiger partial charge in [-0.15, -0.1) is 0 Å². The van der Waals surface area contributed by atoms with E-state index in [1.165, 1.54) is 4.80 Å². The molecule has 168 valence electrons. The third kappa shape index (κ3) is 3.97. The number of hydrogen-bond acceptors (Lipinski definition) is 7. The van der Waals surface area contributed by atoms with Crippen molar-refractivity contribution in [3.05, 3.63) is 71.9 Å². The molecule has 0 bridgehead atoms. The zero-order valence-electron chi connectivity index (χ0n) is 18.5. The fourth-order valence-corrected chi connectivity index (χ4v) is 4.21. The number of likely N-dealkylation sites (tertiary alicyclic amines) is 1. The maximum atomic E-state index is 13.7. The molecule has 4 heterocycles. The summed E-state index contributed by atoms with van der Waals surface area (Å²) in [7, 11) is 0. The number of carbonyl (C=O) groups excluding carboxylic acids is 1. The highest BCUT2D eigenvalue weighted by molar-refractivity contribution is 5.98. The van der Waals surface area contributed by atoms with E-state index in [4.69, 9.17) is 9.26 Å². The molecule has 0 aliphatic carbocycles. The molecule has 9 nitrogen and oxygen atoms in total. The summed E-state index contributed by atoms with van der Waals surface area (Å²) in [4.78, 5) is 21.3. The predicted molar refractivity (Wildman–Crippen MR) is 120 cm³/mol. The second-order valence-electron chi connectivity index (χ2n) is 7.90. The summed E-state index contributed by atoms with van der Waals surface area (Å²) in [5, 5.41) is 12.7. The molecule has 0 saturated carbocycles. The van der Waals surface area contributed by atoms with Gasteiger partial charge in [-0.3, -0.25) is 4.79 Å². The van der Waals surface area contributed by atoms with Crippen molar-refractivity contribution in [1.82, 2.24) is 30.0 Å². The smallest absolute Gasteiger partial charge is 0.256 e. The Morgan fingerprint density at radius 1 is 1.18 bits per heavy atom. The lowest BCUT2D eigenvalue weighted by molar-refractivity contribution is 0.0714. The van der Waals surface area contributed by atoms with Crippen molar-refractivity contribution >= 4 is 5.91 Å². The SMILES string of the molecule is CCOc1ncccc1-c1cc(C2CCCN2C(=O)c2cc(C)ccc2-n2nccn2)on1. The van der Waals surface area contributed by atoms with Crippen LogP contribution in [-0.2, 0) is 0 Å². The molecular weight excluding hydrogens is 420 g/mol. The van der Waals surface area contributed by atoms with E-state index >= 15 is 0 Å². The van der Waals surface area contributed by atoms with Gasteiger partial charge in [0.25, 0.3) is 5.91 Å². The van der Waals surface area contributed by atoms with E-state index in [9.17, 15) is 4.79 Å². The Hall–Kier alpha value is -4.01. The van der Waals surface area contributed by atoms with Gasteiger partial charge in [-0.1, -0.05) is 16.8 Å². The lowest BCUT2D eigenvalue weighted by atomic mass is 10.1. The molecule has 1 amide bonds. The van der Waals surface area contributed by atoms with Crippen molar-refractivity contribution in [3.63, 3.8) is 0 Å². The molecule has 1 fully saturated rings. The van der Waals surface area contributed by atoms with Crippen LogP contribution >= 0.6 is 0 Å². The first-order chi connectivity index (χ1) is 16.2. The molecule has 0 radical (unpaired) electrons. The fraction of sp³-hybridized carbons (Fsp3) is 0.292. The zero-order chi connectivity index (χ0) is 22.8. The van der Waals surface area contributed by atoms with Crippen LogP contribution in [0.15, 0.2) is 59.5 Å². The quantitative estimate of drug-likeness (QED) is 0.443. The van der Waals surface area contributed by atoms with Gasteiger partial charge in [0.05, 0.1) is 41.9 Å². The number of nitrogens with zero attached hydrogens (tertiary/aromatic N) is 6. The fourth-order valence-electron chi connectivity index (χ4n) is 4.21. The van der Waals surface area contributed by atoms with Gasteiger partial charge in [-0.05, 0) is 51.0 Å². The molecule has 9 heteroatoms. The number of carbonyl (C=O) groups is 1. The van der Waals surface area contributed by atoms with Gasteiger partial charge in [0.1, 0.15) is 5.69 Å². The zero-order valence-corrected chi connectivity index (χ0v) is 18.5. The molecule has 4 aromatic rings. The first kappa shape index (κ1) is 20.9. The van der Waals surface area contributed by atoms with Crippen molar-refractivity contribution in [3.8, 4) is 22.8 Å². The molecule has 1 aliphatic heterocycles. The van der Waals surface area contributed by atoms with Gasteiger partial charge < -0.3 is 14.2 Å². The Kier molecular flexibility index (Phi) is 5.60. The van der Waals surface area contributed by atoms with E-state index < -0.39 is 0 Å². The molecule has 1 aliphatic rings. The molecule has 1 unspecified atom stereocenters. The molecule has 5 rings (SSSR count). The summed E-state index contributed by atoms with van der Waals surface area (Å²) >= 11 is 0. The number of aromatic nitrogens is 5. The summed E-state index contributed by atoms with van der Waals surface area (Å²) in [5.41, 5.74) is 3.60.